The van der Waals surface area contributed by atoms with Gasteiger partial charge in [0.25, 0.3) is 5.91 Å². The molecular formula is C32H37FN2O3. The van der Waals surface area contributed by atoms with Crippen molar-refractivity contribution in [2.75, 3.05) is 6.61 Å². The van der Waals surface area contributed by atoms with E-state index in [1.54, 1.807) is 18.2 Å². The molecule has 0 aromatic heterocycles. The number of carbonyl (C=O) groups excluding carboxylic acids is 2. The van der Waals surface area contributed by atoms with Crippen LogP contribution >= 0.6 is 0 Å². The van der Waals surface area contributed by atoms with E-state index in [2.05, 4.69) is 19.2 Å². The lowest BCUT2D eigenvalue weighted by Gasteiger charge is -2.32. The van der Waals surface area contributed by atoms with Gasteiger partial charge >= 0.3 is 0 Å². The quantitative estimate of drug-likeness (QED) is 0.339. The highest BCUT2D eigenvalue weighted by molar-refractivity contribution is 5.88. The Morgan fingerprint density at radius 2 is 1.61 bits per heavy atom. The number of halogens is 1. The fourth-order valence-electron chi connectivity index (χ4n) is 5.04. The van der Waals surface area contributed by atoms with Gasteiger partial charge in [-0.25, -0.2) is 4.39 Å². The summed E-state index contributed by atoms with van der Waals surface area (Å²) in [6, 6.07) is 22.9. The van der Waals surface area contributed by atoms with Crippen LogP contribution in [-0.2, 0) is 22.6 Å². The van der Waals surface area contributed by atoms with E-state index in [0.717, 1.165) is 36.8 Å². The lowest BCUT2D eigenvalue weighted by atomic mass is 10.0. The number of nitrogens with one attached hydrogen (secondary N) is 1. The average molecular weight is 517 g/mol. The lowest BCUT2D eigenvalue weighted by Crippen LogP contribution is -2.53. The number of amides is 2. The van der Waals surface area contributed by atoms with Gasteiger partial charge in [-0.05, 0) is 42.0 Å². The van der Waals surface area contributed by atoms with Crippen molar-refractivity contribution in [2.24, 2.45) is 0 Å². The van der Waals surface area contributed by atoms with Crippen LogP contribution in [0, 0.1) is 5.82 Å². The molecule has 2 amide bonds. The summed E-state index contributed by atoms with van der Waals surface area (Å²) >= 11 is 0. The highest BCUT2D eigenvalue weighted by Gasteiger charge is 2.33. The van der Waals surface area contributed by atoms with Gasteiger partial charge < -0.3 is 15.0 Å². The van der Waals surface area contributed by atoms with Gasteiger partial charge in [-0.3, -0.25) is 9.59 Å². The van der Waals surface area contributed by atoms with E-state index >= 15 is 0 Å². The molecule has 1 N–H and O–H groups in total. The van der Waals surface area contributed by atoms with Crippen LogP contribution in [0.3, 0.4) is 0 Å². The van der Waals surface area contributed by atoms with Crippen LogP contribution in [-0.4, -0.2) is 35.4 Å². The highest BCUT2D eigenvalue weighted by Crippen LogP contribution is 2.26. The van der Waals surface area contributed by atoms with E-state index in [4.69, 9.17) is 4.74 Å². The van der Waals surface area contributed by atoms with Crippen molar-refractivity contribution >= 4 is 11.8 Å². The summed E-state index contributed by atoms with van der Waals surface area (Å²) in [6.45, 7) is 3.85. The molecule has 3 aromatic rings. The van der Waals surface area contributed by atoms with Crippen LogP contribution in [0.2, 0.25) is 0 Å². The second kappa shape index (κ2) is 13.2. The van der Waals surface area contributed by atoms with Gasteiger partial charge in [0.05, 0.1) is 0 Å². The summed E-state index contributed by atoms with van der Waals surface area (Å²) in [5, 5.41) is 3.17. The number of benzene rings is 3. The zero-order chi connectivity index (χ0) is 26.9. The Morgan fingerprint density at radius 1 is 0.947 bits per heavy atom. The predicted octanol–water partition coefficient (Wildman–Crippen LogP) is 6.03. The summed E-state index contributed by atoms with van der Waals surface area (Å²) in [5.41, 5.74) is 2.28. The highest BCUT2D eigenvalue weighted by atomic mass is 19.1. The van der Waals surface area contributed by atoms with Gasteiger partial charge in [-0.1, -0.05) is 93.4 Å². The van der Waals surface area contributed by atoms with Crippen LogP contribution < -0.4 is 10.1 Å². The topological polar surface area (TPSA) is 58.6 Å². The van der Waals surface area contributed by atoms with Crippen molar-refractivity contribution in [3.8, 4) is 5.75 Å². The summed E-state index contributed by atoms with van der Waals surface area (Å²) in [7, 11) is 0. The smallest absolute Gasteiger partial charge is 0.261 e. The fourth-order valence-corrected chi connectivity index (χ4v) is 5.04. The molecule has 200 valence electrons. The maximum Gasteiger partial charge on any atom is 0.261 e. The SMILES string of the molecule is CC(C)c1ccccc1OCC(=O)N(Cc1ccccc1F)[C@@H](Cc1ccccc1)C(=O)NC1CCCC1. The second-order valence-electron chi connectivity index (χ2n) is 10.3. The van der Waals surface area contributed by atoms with Crippen molar-refractivity contribution in [3.05, 3.63) is 101 Å². The summed E-state index contributed by atoms with van der Waals surface area (Å²) in [6.07, 6.45) is 4.34. The number of nitrogens with zero attached hydrogens (tertiary/aromatic N) is 1. The maximum atomic E-state index is 14.8. The van der Waals surface area contributed by atoms with E-state index in [-0.39, 0.29) is 36.9 Å². The minimum atomic E-state index is -0.811. The van der Waals surface area contributed by atoms with Crippen LogP contribution in [0.4, 0.5) is 4.39 Å². The predicted molar refractivity (Wildman–Crippen MR) is 147 cm³/mol. The zero-order valence-corrected chi connectivity index (χ0v) is 22.2. The molecule has 5 nitrogen and oxygen atoms in total. The molecule has 0 aliphatic heterocycles. The van der Waals surface area contributed by atoms with Gasteiger partial charge in [0, 0.05) is 24.6 Å². The number of hydrogen-bond acceptors (Lipinski definition) is 3. The van der Waals surface area contributed by atoms with E-state index in [9.17, 15) is 14.0 Å². The van der Waals surface area contributed by atoms with Crippen LogP contribution in [0.1, 0.15) is 62.1 Å². The molecule has 6 heteroatoms. The third-order valence-electron chi connectivity index (χ3n) is 7.16. The summed E-state index contributed by atoms with van der Waals surface area (Å²) < 4.78 is 20.8. The molecule has 0 saturated heterocycles. The van der Waals surface area contributed by atoms with E-state index in [1.165, 1.54) is 11.0 Å². The Morgan fingerprint density at radius 3 is 2.32 bits per heavy atom. The molecule has 38 heavy (non-hydrogen) atoms. The second-order valence-corrected chi connectivity index (χ2v) is 10.3. The minimum absolute atomic E-state index is 0.0315. The maximum absolute atomic E-state index is 14.8. The zero-order valence-electron chi connectivity index (χ0n) is 22.2. The van der Waals surface area contributed by atoms with Crippen molar-refractivity contribution in [2.45, 2.75) is 70.5 Å². The molecule has 0 spiro atoms. The first-order valence-corrected chi connectivity index (χ1v) is 13.5. The van der Waals surface area contributed by atoms with E-state index in [0.29, 0.717) is 17.7 Å². The monoisotopic (exact) mass is 516 g/mol. The van der Waals surface area contributed by atoms with E-state index < -0.39 is 11.9 Å². The Hall–Kier alpha value is -3.67. The van der Waals surface area contributed by atoms with Crippen molar-refractivity contribution in [1.29, 1.82) is 0 Å². The number of carbonyl (C=O) groups is 2. The van der Waals surface area contributed by atoms with Crippen molar-refractivity contribution in [3.63, 3.8) is 0 Å². The molecule has 1 fully saturated rings. The molecule has 4 rings (SSSR count). The molecule has 1 aliphatic rings. The number of hydrogen-bond donors (Lipinski definition) is 1. The first-order chi connectivity index (χ1) is 18.4. The molecule has 1 saturated carbocycles. The summed E-state index contributed by atoms with van der Waals surface area (Å²) in [5.74, 6) is -0.135. The van der Waals surface area contributed by atoms with Gasteiger partial charge in [-0.2, -0.15) is 0 Å². The molecular weight excluding hydrogens is 479 g/mol. The molecule has 3 aromatic carbocycles. The van der Waals surface area contributed by atoms with Crippen LogP contribution in [0.25, 0.3) is 0 Å². The Kier molecular flexibility index (Phi) is 9.52. The average Bonchev–Trinajstić information content (AvgIpc) is 3.44. The van der Waals surface area contributed by atoms with Crippen LogP contribution in [0.5, 0.6) is 5.75 Å². The largest absolute Gasteiger partial charge is 0.483 e. The molecule has 0 radical (unpaired) electrons. The molecule has 0 bridgehead atoms. The van der Waals surface area contributed by atoms with Crippen LogP contribution in [0.15, 0.2) is 78.9 Å². The number of rotatable bonds is 11. The number of para-hydroxylation sites is 1. The molecule has 1 aliphatic carbocycles. The first kappa shape index (κ1) is 27.4. The number of ether oxygens (including phenoxy) is 1. The van der Waals surface area contributed by atoms with Crippen molar-refractivity contribution in [1.82, 2.24) is 10.2 Å². The van der Waals surface area contributed by atoms with Crippen molar-refractivity contribution < 1.29 is 18.7 Å². The Bertz CT molecular complexity index is 1210. The van der Waals surface area contributed by atoms with Gasteiger partial charge in [-0.15, -0.1) is 0 Å². The third kappa shape index (κ3) is 7.21. The Balaban J connectivity index is 1.63. The molecule has 0 heterocycles. The van der Waals surface area contributed by atoms with Gasteiger partial charge in [0.1, 0.15) is 17.6 Å². The Labute approximate surface area is 225 Å². The van der Waals surface area contributed by atoms with Gasteiger partial charge in [0.2, 0.25) is 5.91 Å². The van der Waals surface area contributed by atoms with Gasteiger partial charge in [0.15, 0.2) is 6.61 Å². The summed E-state index contributed by atoms with van der Waals surface area (Å²) in [4.78, 5) is 29.0. The molecule has 0 unspecified atom stereocenters. The normalized spacial score (nSPS) is 14.3. The van der Waals surface area contributed by atoms with E-state index in [1.807, 2.05) is 54.6 Å². The molecule has 1 atom stereocenters. The standard InChI is InChI=1S/C32H37FN2O3/c1-23(2)27-17-9-11-19-30(27)38-22-31(36)35(21-25-14-6-10-18-28(25)33)29(20-24-12-4-3-5-13-24)32(37)34-26-15-7-8-16-26/h3-6,9-14,17-19,23,26,29H,7-8,15-16,20-22H2,1-2H3,(H,34,37)/t29-/m0/s1. The first-order valence-electron chi connectivity index (χ1n) is 13.5. The minimum Gasteiger partial charge on any atom is -0.483 e. The lowest BCUT2D eigenvalue weighted by molar-refractivity contribution is -0.143. The fraction of sp³-hybridized carbons (Fsp3) is 0.375. The third-order valence-corrected chi connectivity index (χ3v) is 7.16.